The fourth-order valence-electron chi connectivity index (χ4n) is 5.68. The van der Waals surface area contributed by atoms with Crippen molar-refractivity contribution in [3.63, 3.8) is 0 Å². The van der Waals surface area contributed by atoms with E-state index in [-0.39, 0.29) is 5.82 Å². The molecule has 1 aliphatic carbocycles. The minimum Gasteiger partial charge on any atom is -0.352 e. The third-order valence-corrected chi connectivity index (χ3v) is 7.86. The maximum absolute atomic E-state index is 14.6. The van der Waals surface area contributed by atoms with E-state index in [0.29, 0.717) is 5.56 Å². The van der Waals surface area contributed by atoms with Crippen molar-refractivity contribution in [2.75, 3.05) is 13.1 Å². The van der Waals surface area contributed by atoms with Crippen LogP contribution in [0.2, 0.25) is 0 Å². The average molecular weight is 533 g/mol. The standard InChI is InChI=1S/C33H33FN6/c1-3-21(16-35-17-22-9-5-6-10-22)13-23(4-2)29-15-26-32(20-37-29)39-40-33(26)30-14-25-27(18-36-19-31(25)38-30)24-11-7-8-12-28(24)34/h3-4,7-8,11-15,18-20,22,35,38H,1,5-6,9-10,16-17H2,2H3,(H,39,40)/b21-13+,23-4+. The zero-order valence-corrected chi connectivity index (χ0v) is 22.7. The molecule has 1 saturated carbocycles. The van der Waals surface area contributed by atoms with Gasteiger partial charge < -0.3 is 10.3 Å². The van der Waals surface area contributed by atoms with E-state index in [0.717, 1.165) is 74.6 Å². The second-order valence-electron chi connectivity index (χ2n) is 10.4. The molecule has 3 N–H and O–H groups in total. The van der Waals surface area contributed by atoms with Gasteiger partial charge >= 0.3 is 0 Å². The Labute approximate surface area is 233 Å². The second kappa shape index (κ2) is 11.4. The number of aromatic nitrogens is 5. The van der Waals surface area contributed by atoms with E-state index in [1.165, 1.54) is 31.7 Å². The summed E-state index contributed by atoms with van der Waals surface area (Å²) in [6.07, 6.45) is 16.8. The summed E-state index contributed by atoms with van der Waals surface area (Å²) in [6.45, 7) is 7.90. The zero-order chi connectivity index (χ0) is 27.5. The Morgan fingerprint density at radius 2 is 1.93 bits per heavy atom. The molecular weight excluding hydrogens is 499 g/mol. The molecule has 4 heterocycles. The van der Waals surface area contributed by atoms with Crippen molar-refractivity contribution >= 4 is 27.4 Å². The van der Waals surface area contributed by atoms with Crippen molar-refractivity contribution in [3.05, 3.63) is 96.9 Å². The van der Waals surface area contributed by atoms with Crippen molar-refractivity contribution in [1.82, 2.24) is 30.5 Å². The van der Waals surface area contributed by atoms with E-state index >= 15 is 0 Å². The molecule has 0 atom stereocenters. The van der Waals surface area contributed by atoms with Gasteiger partial charge in [-0.05, 0) is 67.6 Å². The molecule has 1 aromatic carbocycles. The Morgan fingerprint density at radius 1 is 1.07 bits per heavy atom. The number of rotatable bonds is 9. The van der Waals surface area contributed by atoms with Crippen molar-refractivity contribution in [2.24, 2.45) is 5.92 Å². The number of H-pyrrole nitrogens is 2. The number of hydrogen-bond donors (Lipinski definition) is 3. The minimum absolute atomic E-state index is 0.278. The van der Waals surface area contributed by atoms with Gasteiger partial charge in [-0.3, -0.25) is 15.1 Å². The highest BCUT2D eigenvalue weighted by molar-refractivity contribution is 6.01. The second-order valence-corrected chi connectivity index (χ2v) is 10.4. The Kier molecular flexibility index (Phi) is 7.38. The summed E-state index contributed by atoms with van der Waals surface area (Å²) in [5.41, 5.74) is 7.52. The Bertz CT molecular complexity index is 1730. The number of nitrogens with one attached hydrogen (secondary N) is 3. The van der Waals surface area contributed by atoms with E-state index in [1.807, 2.05) is 31.3 Å². The van der Waals surface area contributed by atoms with Gasteiger partial charge in [-0.1, -0.05) is 49.8 Å². The summed E-state index contributed by atoms with van der Waals surface area (Å²) >= 11 is 0. The van der Waals surface area contributed by atoms with Crippen LogP contribution < -0.4 is 5.32 Å². The predicted octanol–water partition coefficient (Wildman–Crippen LogP) is 7.60. The third-order valence-electron chi connectivity index (χ3n) is 7.86. The van der Waals surface area contributed by atoms with Gasteiger partial charge in [0.2, 0.25) is 0 Å². The van der Waals surface area contributed by atoms with E-state index < -0.39 is 0 Å². The van der Waals surface area contributed by atoms with Crippen LogP contribution >= 0.6 is 0 Å². The van der Waals surface area contributed by atoms with Gasteiger partial charge in [0, 0.05) is 34.6 Å². The maximum atomic E-state index is 14.6. The van der Waals surface area contributed by atoms with Gasteiger partial charge in [-0.15, -0.1) is 0 Å². The first kappa shape index (κ1) is 25.9. The monoisotopic (exact) mass is 532 g/mol. The first-order valence-electron chi connectivity index (χ1n) is 13.9. The van der Waals surface area contributed by atoms with Crippen LogP contribution in [-0.2, 0) is 0 Å². The number of benzene rings is 1. The fourth-order valence-corrected chi connectivity index (χ4v) is 5.68. The molecule has 0 aliphatic heterocycles. The highest BCUT2D eigenvalue weighted by atomic mass is 19.1. The topological polar surface area (TPSA) is 82.3 Å². The molecular formula is C33H33FN6. The summed E-state index contributed by atoms with van der Waals surface area (Å²) in [7, 11) is 0. The Hall–Kier alpha value is -4.36. The Morgan fingerprint density at radius 3 is 2.73 bits per heavy atom. The Balaban J connectivity index is 1.32. The first-order chi connectivity index (χ1) is 19.6. The molecule has 0 radical (unpaired) electrons. The number of hydrogen-bond acceptors (Lipinski definition) is 4. The highest BCUT2D eigenvalue weighted by Gasteiger charge is 2.17. The molecule has 0 spiro atoms. The zero-order valence-electron chi connectivity index (χ0n) is 22.7. The molecule has 0 amide bonds. The molecule has 0 saturated heterocycles. The number of pyridine rings is 2. The van der Waals surface area contributed by atoms with E-state index in [1.54, 1.807) is 24.5 Å². The van der Waals surface area contributed by atoms with Crippen LogP contribution in [0.4, 0.5) is 4.39 Å². The van der Waals surface area contributed by atoms with E-state index in [4.69, 9.17) is 4.98 Å². The number of halogens is 1. The molecule has 7 heteroatoms. The lowest BCUT2D eigenvalue weighted by Gasteiger charge is -2.11. The van der Waals surface area contributed by atoms with Gasteiger partial charge in [-0.2, -0.15) is 5.10 Å². The molecule has 5 aromatic rings. The summed E-state index contributed by atoms with van der Waals surface area (Å²) in [5, 5.41) is 13.2. The van der Waals surface area contributed by atoms with Crippen molar-refractivity contribution in [3.8, 4) is 22.5 Å². The van der Waals surface area contributed by atoms with Crippen molar-refractivity contribution in [1.29, 1.82) is 0 Å². The quantitative estimate of drug-likeness (QED) is 0.171. The molecule has 1 aliphatic rings. The summed E-state index contributed by atoms with van der Waals surface area (Å²) in [6, 6.07) is 10.8. The van der Waals surface area contributed by atoms with Gasteiger partial charge in [0.05, 0.1) is 34.8 Å². The molecule has 4 aromatic heterocycles. The summed E-state index contributed by atoms with van der Waals surface area (Å²) in [5.74, 6) is 0.513. The smallest absolute Gasteiger partial charge is 0.131 e. The largest absolute Gasteiger partial charge is 0.352 e. The first-order valence-corrected chi connectivity index (χ1v) is 13.9. The fraction of sp³-hybridized carbons (Fsp3) is 0.242. The van der Waals surface area contributed by atoms with Crippen LogP contribution in [0, 0.1) is 11.7 Å². The number of aromatic amines is 2. The molecule has 202 valence electrons. The van der Waals surface area contributed by atoms with Crippen LogP contribution in [0.25, 0.3) is 49.9 Å². The van der Waals surface area contributed by atoms with Crippen LogP contribution in [-0.4, -0.2) is 38.2 Å². The number of allylic oxidation sites excluding steroid dienone is 3. The minimum atomic E-state index is -0.278. The van der Waals surface area contributed by atoms with Gasteiger partial charge in [0.15, 0.2) is 0 Å². The van der Waals surface area contributed by atoms with Gasteiger partial charge in [0.25, 0.3) is 0 Å². The van der Waals surface area contributed by atoms with Crippen LogP contribution in [0.3, 0.4) is 0 Å². The van der Waals surface area contributed by atoms with E-state index in [2.05, 4.69) is 50.3 Å². The lowest BCUT2D eigenvalue weighted by molar-refractivity contribution is 0.503. The van der Waals surface area contributed by atoms with Crippen LogP contribution in [0.15, 0.2) is 85.4 Å². The molecule has 6 nitrogen and oxygen atoms in total. The SMILES string of the molecule is C=C/C(=C\C(=C/C)c1cc2c(-c3cc4c(-c5ccccc5F)cncc4[nH]3)n[nH]c2cn1)CNCC1CCCC1. The number of fused-ring (bicyclic) bond motifs is 2. The van der Waals surface area contributed by atoms with Crippen molar-refractivity contribution < 1.29 is 4.39 Å². The van der Waals surface area contributed by atoms with Crippen LogP contribution in [0.5, 0.6) is 0 Å². The lowest BCUT2D eigenvalue weighted by Crippen LogP contribution is -2.23. The summed E-state index contributed by atoms with van der Waals surface area (Å²) in [4.78, 5) is 12.5. The third kappa shape index (κ3) is 5.12. The molecule has 6 rings (SSSR count). The van der Waals surface area contributed by atoms with E-state index in [9.17, 15) is 4.39 Å². The van der Waals surface area contributed by atoms with Gasteiger partial charge in [0.1, 0.15) is 11.5 Å². The number of nitrogens with zero attached hydrogens (tertiary/aromatic N) is 3. The van der Waals surface area contributed by atoms with Crippen molar-refractivity contribution in [2.45, 2.75) is 32.6 Å². The summed E-state index contributed by atoms with van der Waals surface area (Å²) < 4.78 is 14.6. The van der Waals surface area contributed by atoms with Gasteiger partial charge in [-0.25, -0.2) is 4.39 Å². The van der Waals surface area contributed by atoms with Crippen LogP contribution in [0.1, 0.15) is 38.3 Å². The molecule has 40 heavy (non-hydrogen) atoms. The predicted molar refractivity (Wildman–Crippen MR) is 161 cm³/mol. The highest BCUT2D eigenvalue weighted by Crippen LogP contribution is 2.35. The molecule has 1 fully saturated rings. The molecule has 0 bridgehead atoms. The average Bonchev–Trinajstić information content (AvgIpc) is 3.74. The molecule has 0 unspecified atom stereocenters. The lowest BCUT2D eigenvalue weighted by atomic mass is 10.0. The maximum Gasteiger partial charge on any atom is 0.131 e. The normalized spacial score (nSPS) is 14.9.